The number of halogens is 2. The highest BCUT2D eigenvalue weighted by atomic mass is 19.3. The van der Waals surface area contributed by atoms with Crippen LogP contribution in [-0.4, -0.2) is 6.11 Å². The molecule has 3 aliphatic carbocycles. The van der Waals surface area contributed by atoms with Gasteiger partial charge in [-0.2, -0.15) is 8.78 Å². The Labute approximate surface area is 220 Å². The third kappa shape index (κ3) is 7.70. The Balaban J connectivity index is 1.20. The van der Waals surface area contributed by atoms with Gasteiger partial charge in [0.1, 0.15) is 5.75 Å². The van der Waals surface area contributed by atoms with Crippen molar-refractivity contribution in [3.8, 4) is 5.75 Å². The van der Waals surface area contributed by atoms with Crippen LogP contribution < -0.4 is 4.74 Å². The minimum atomic E-state index is -3.07. The molecule has 0 saturated heterocycles. The number of hydrogen-bond acceptors (Lipinski definition) is 1. The van der Waals surface area contributed by atoms with E-state index >= 15 is 8.78 Å². The Morgan fingerprint density at radius 2 is 1.22 bits per heavy atom. The first-order chi connectivity index (χ1) is 17.5. The minimum Gasteiger partial charge on any atom is -0.432 e. The molecule has 3 aliphatic rings. The number of rotatable bonds is 11. The average molecular weight is 503 g/mol. The topological polar surface area (TPSA) is 9.23 Å². The number of ether oxygens (including phenoxy) is 1. The lowest BCUT2D eigenvalue weighted by Crippen LogP contribution is -2.38. The van der Waals surface area contributed by atoms with E-state index in [1.807, 2.05) is 12.1 Å². The molecule has 0 heterocycles. The van der Waals surface area contributed by atoms with E-state index in [1.165, 1.54) is 95.5 Å². The maximum atomic E-state index is 15.1. The maximum Gasteiger partial charge on any atom is 0.400 e. The van der Waals surface area contributed by atoms with E-state index in [4.69, 9.17) is 4.74 Å². The van der Waals surface area contributed by atoms with Gasteiger partial charge in [0, 0.05) is 0 Å². The van der Waals surface area contributed by atoms with Crippen molar-refractivity contribution in [1.82, 2.24) is 0 Å². The number of alkyl halides is 2. The van der Waals surface area contributed by atoms with Gasteiger partial charge in [-0.25, -0.2) is 0 Å². The van der Waals surface area contributed by atoms with E-state index in [-0.39, 0.29) is 0 Å². The molecule has 0 unspecified atom stereocenters. The molecule has 3 heteroatoms. The summed E-state index contributed by atoms with van der Waals surface area (Å²) >= 11 is 0. The van der Waals surface area contributed by atoms with Crippen LogP contribution in [0.2, 0.25) is 0 Å². The van der Waals surface area contributed by atoms with Crippen LogP contribution in [0.25, 0.3) is 0 Å². The van der Waals surface area contributed by atoms with E-state index in [9.17, 15) is 0 Å². The van der Waals surface area contributed by atoms with E-state index < -0.39 is 12.0 Å². The van der Waals surface area contributed by atoms with Crippen LogP contribution in [-0.2, 0) is 0 Å². The predicted octanol–water partition coefficient (Wildman–Crippen LogP) is 10.9. The van der Waals surface area contributed by atoms with E-state index in [0.29, 0.717) is 30.4 Å². The summed E-state index contributed by atoms with van der Waals surface area (Å²) < 4.78 is 35.6. The SMILES string of the molecule is CCCCCC1CCC(C2CCC(C(F)(F)Oc3ccc(C4CCC(CCC)CC4)cc3)CC2)CC1. The van der Waals surface area contributed by atoms with Gasteiger partial charge in [-0.15, -0.1) is 0 Å². The Hall–Kier alpha value is -1.12. The molecule has 36 heavy (non-hydrogen) atoms. The summed E-state index contributed by atoms with van der Waals surface area (Å²) in [6.07, 6.45) is 18.6. The summed E-state index contributed by atoms with van der Waals surface area (Å²) in [4.78, 5) is 0. The number of unbranched alkanes of at least 4 members (excludes halogenated alkanes) is 2. The largest absolute Gasteiger partial charge is 0.432 e. The van der Waals surface area contributed by atoms with E-state index in [0.717, 1.165) is 30.6 Å². The fourth-order valence-corrected chi connectivity index (χ4v) is 7.80. The zero-order valence-corrected chi connectivity index (χ0v) is 23.2. The van der Waals surface area contributed by atoms with E-state index in [2.05, 4.69) is 13.8 Å². The molecule has 4 rings (SSSR count). The van der Waals surface area contributed by atoms with Gasteiger partial charge in [-0.1, -0.05) is 77.3 Å². The first-order valence-corrected chi connectivity index (χ1v) is 15.6. The first kappa shape index (κ1) is 27.9. The molecular weight excluding hydrogens is 450 g/mol. The van der Waals surface area contributed by atoms with Gasteiger partial charge in [0.2, 0.25) is 0 Å². The summed E-state index contributed by atoms with van der Waals surface area (Å²) in [5, 5.41) is 0. The smallest absolute Gasteiger partial charge is 0.400 e. The Morgan fingerprint density at radius 3 is 1.81 bits per heavy atom. The van der Waals surface area contributed by atoms with Crippen LogP contribution in [0.3, 0.4) is 0 Å². The molecule has 0 atom stereocenters. The van der Waals surface area contributed by atoms with Crippen LogP contribution in [0.4, 0.5) is 8.78 Å². The molecule has 0 radical (unpaired) electrons. The monoisotopic (exact) mass is 502 g/mol. The zero-order chi connectivity index (χ0) is 25.4. The van der Waals surface area contributed by atoms with E-state index in [1.54, 1.807) is 12.1 Å². The van der Waals surface area contributed by atoms with Crippen molar-refractivity contribution in [2.24, 2.45) is 29.6 Å². The van der Waals surface area contributed by atoms with Crippen LogP contribution in [0.1, 0.15) is 141 Å². The van der Waals surface area contributed by atoms with Gasteiger partial charge in [0.05, 0.1) is 5.92 Å². The van der Waals surface area contributed by atoms with Crippen LogP contribution in [0, 0.1) is 29.6 Å². The lowest BCUT2D eigenvalue weighted by Gasteiger charge is -2.39. The quantitative estimate of drug-likeness (QED) is 0.273. The fraction of sp³-hybridized carbons (Fsp3) is 0.818. The third-order valence-corrected chi connectivity index (χ3v) is 10.2. The van der Waals surface area contributed by atoms with Crippen molar-refractivity contribution < 1.29 is 13.5 Å². The second-order valence-electron chi connectivity index (χ2n) is 12.6. The molecule has 1 aromatic carbocycles. The first-order valence-electron chi connectivity index (χ1n) is 15.6. The second-order valence-corrected chi connectivity index (χ2v) is 12.6. The summed E-state index contributed by atoms with van der Waals surface area (Å²) in [6.45, 7) is 4.55. The molecule has 1 aromatic rings. The molecule has 3 saturated carbocycles. The molecule has 0 N–H and O–H groups in total. The third-order valence-electron chi connectivity index (χ3n) is 10.2. The minimum absolute atomic E-state index is 0.326. The Bertz CT molecular complexity index is 735. The number of hydrogen-bond donors (Lipinski definition) is 0. The average Bonchev–Trinajstić information content (AvgIpc) is 2.90. The molecule has 0 amide bonds. The molecule has 204 valence electrons. The van der Waals surface area contributed by atoms with Crippen molar-refractivity contribution >= 4 is 0 Å². The molecular formula is C33H52F2O. The van der Waals surface area contributed by atoms with Gasteiger partial charge >= 0.3 is 6.11 Å². The summed E-state index contributed by atoms with van der Waals surface area (Å²) in [7, 11) is 0. The van der Waals surface area contributed by atoms with Crippen LogP contribution in [0.5, 0.6) is 5.75 Å². The highest BCUT2D eigenvalue weighted by Crippen LogP contribution is 2.46. The highest BCUT2D eigenvalue weighted by Gasteiger charge is 2.45. The molecule has 0 aliphatic heterocycles. The predicted molar refractivity (Wildman–Crippen MR) is 147 cm³/mol. The van der Waals surface area contributed by atoms with Crippen molar-refractivity contribution in [2.75, 3.05) is 0 Å². The van der Waals surface area contributed by atoms with Crippen molar-refractivity contribution in [3.05, 3.63) is 29.8 Å². The normalized spacial score (nSPS) is 31.8. The van der Waals surface area contributed by atoms with Gasteiger partial charge in [0.25, 0.3) is 0 Å². The van der Waals surface area contributed by atoms with Crippen LogP contribution >= 0.6 is 0 Å². The van der Waals surface area contributed by atoms with Crippen molar-refractivity contribution in [1.29, 1.82) is 0 Å². The van der Waals surface area contributed by atoms with Crippen molar-refractivity contribution in [3.63, 3.8) is 0 Å². The summed E-state index contributed by atoms with van der Waals surface area (Å²) in [5.74, 6) is 3.49. The van der Waals surface area contributed by atoms with Gasteiger partial charge in [-0.05, 0) is 111 Å². The van der Waals surface area contributed by atoms with Crippen LogP contribution in [0.15, 0.2) is 24.3 Å². The summed E-state index contributed by atoms with van der Waals surface area (Å²) in [6, 6.07) is 7.63. The molecule has 1 nitrogen and oxygen atoms in total. The van der Waals surface area contributed by atoms with Gasteiger partial charge in [0.15, 0.2) is 0 Å². The second kappa shape index (κ2) is 13.6. The zero-order valence-electron chi connectivity index (χ0n) is 23.2. The summed E-state index contributed by atoms with van der Waals surface area (Å²) in [5.41, 5.74) is 1.29. The Kier molecular flexibility index (Phi) is 10.5. The number of benzene rings is 1. The lowest BCUT2D eigenvalue weighted by molar-refractivity contribution is -0.224. The Morgan fingerprint density at radius 1 is 0.667 bits per heavy atom. The molecule has 3 fully saturated rings. The standard InChI is InChI=1S/C33H52F2O/c1-3-5-6-8-26-11-15-27(16-12-26)29-17-21-31(22-18-29)33(34,35)36-32-23-19-30(20-24-32)28-13-9-25(7-4-2)10-14-28/h19-20,23-29,31H,3-18,21-22H2,1-2H3. The van der Waals surface area contributed by atoms with Crippen molar-refractivity contribution in [2.45, 2.75) is 141 Å². The van der Waals surface area contributed by atoms with Gasteiger partial charge in [-0.3, -0.25) is 0 Å². The fourth-order valence-electron chi connectivity index (χ4n) is 7.80. The highest BCUT2D eigenvalue weighted by molar-refractivity contribution is 5.30. The maximum absolute atomic E-state index is 15.1. The molecule has 0 bridgehead atoms. The molecule has 0 spiro atoms. The molecule has 0 aromatic heterocycles. The lowest BCUT2D eigenvalue weighted by atomic mass is 9.68. The van der Waals surface area contributed by atoms with Gasteiger partial charge < -0.3 is 4.74 Å².